The normalized spacial score (nSPS) is 11.3. The van der Waals surface area contributed by atoms with Crippen molar-refractivity contribution in [1.29, 1.82) is 0 Å². The first-order valence-corrected chi connectivity index (χ1v) is 7.80. The van der Waals surface area contributed by atoms with Crippen LogP contribution in [0.4, 0.5) is 13.2 Å². The molecule has 2 rings (SSSR count). The predicted octanol–water partition coefficient (Wildman–Crippen LogP) is 4.75. The second-order valence-corrected chi connectivity index (χ2v) is 5.77. The number of carbonyl (C=O) groups excluding carboxylic acids is 1. The van der Waals surface area contributed by atoms with Gasteiger partial charge in [-0.3, -0.25) is 4.79 Å². The van der Waals surface area contributed by atoms with Crippen LogP contribution in [-0.4, -0.2) is 12.3 Å². The largest absolute Gasteiger partial charge is 0.326 e. The maximum Gasteiger partial charge on any atom is 0.198 e. The lowest BCUT2D eigenvalue weighted by Crippen LogP contribution is -2.15. The van der Waals surface area contributed by atoms with Crippen LogP contribution < -0.4 is 5.73 Å². The van der Waals surface area contributed by atoms with Gasteiger partial charge in [0.2, 0.25) is 0 Å². The van der Waals surface area contributed by atoms with Crippen LogP contribution in [0.3, 0.4) is 0 Å². The summed E-state index contributed by atoms with van der Waals surface area (Å²) in [6.07, 6.45) is 1.50. The standard InChI is InChI=1S/C21H18F3NO/c1-12-4-9-18(23)19(20(12)24)21(26)14(3)16(11-25)10-13(2)15-5-7-17(22)8-6-15/h4-10H,2-3,11,25H2,1H3/b16-10+. The maximum absolute atomic E-state index is 14.2. The molecule has 0 saturated carbocycles. The quantitative estimate of drug-likeness (QED) is 0.461. The summed E-state index contributed by atoms with van der Waals surface area (Å²) in [5.74, 6) is -3.17. The molecule has 0 atom stereocenters. The first-order chi connectivity index (χ1) is 12.3. The fourth-order valence-corrected chi connectivity index (χ4v) is 2.39. The fraction of sp³-hybridized carbons (Fsp3) is 0.0952. The van der Waals surface area contributed by atoms with Gasteiger partial charge >= 0.3 is 0 Å². The van der Waals surface area contributed by atoms with Gasteiger partial charge in [-0.1, -0.05) is 31.4 Å². The van der Waals surface area contributed by atoms with Gasteiger partial charge in [0.05, 0.1) is 5.56 Å². The molecule has 0 aromatic heterocycles. The van der Waals surface area contributed by atoms with Crippen molar-refractivity contribution in [2.45, 2.75) is 6.92 Å². The summed E-state index contributed by atoms with van der Waals surface area (Å²) >= 11 is 0. The molecule has 0 saturated heterocycles. The maximum atomic E-state index is 14.2. The van der Waals surface area contributed by atoms with E-state index in [0.29, 0.717) is 11.1 Å². The van der Waals surface area contributed by atoms with E-state index >= 15 is 0 Å². The molecule has 0 aliphatic rings. The zero-order valence-electron chi connectivity index (χ0n) is 14.3. The Hall–Kier alpha value is -2.92. The fourth-order valence-electron chi connectivity index (χ4n) is 2.39. The summed E-state index contributed by atoms with van der Waals surface area (Å²) in [4.78, 5) is 12.5. The molecule has 0 heterocycles. The Bertz CT molecular complexity index is 912. The number of benzene rings is 2. The highest BCUT2D eigenvalue weighted by Gasteiger charge is 2.23. The molecular formula is C21H18F3NO. The number of carbonyl (C=O) groups is 1. The number of hydrogen-bond donors (Lipinski definition) is 1. The van der Waals surface area contributed by atoms with Gasteiger partial charge in [-0.2, -0.15) is 0 Å². The van der Waals surface area contributed by atoms with Gasteiger partial charge in [-0.15, -0.1) is 0 Å². The molecule has 26 heavy (non-hydrogen) atoms. The zero-order chi connectivity index (χ0) is 19.4. The van der Waals surface area contributed by atoms with Crippen LogP contribution in [0.25, 0.3) is 5.57 Å². The van der Waals surface area contributed by atoms with E-state index in [9.17, 15) is 18.0 Å². The van der Waals surface area contributed by atoms with Crippen LogP contribution in [0.15, 0.2) is 66.8 Å². The second kappa shape index (κ2) is 7.97. The molecular weight excluding hydrogens is 339 g/mol. The lowest BCUT2D eigenvalue weighted by atomic mass is 9.94. The van der Waals surface area contributed by atoms with Gasteiger partial charge in [0.15, 0.2) is 5.78 Å². The Morgan fingerprint density at radius 3 is 2.27 bits per heavy atom. The Balaban J connectivity index is 2.36. The summed E-state index contributed by atoms with van der Waals surface area (Å²) in [6.45, 7) is 8.85. The average molecular weight is 357 g/mol. The van der Waals surface area contributed by atoms with E-state index in [1.807, 2.05) is 0 Å². The van der Waals surface area contributed by atoms with E-state index in [-0.39, 0.29) is 23.3 Å². The van der Waals surface area contributed by atoms with Crippen molar-refractivity contribution in [3.63, 3.8) is 0 Å². The second-order valence-electron chi connectivity index (χ2n) is 5.77. The van der Waals surface area contributed by atoms with E-state index in [0.717, 1.165) is 6.07 Å². The molecule has 0 fully saturated rings. The van der Waals surface area contributed by atoms with Crippen LogP contribution in [0.1, 0.15) is 21.5 Å². The molecule has 2 N–H and O–H groups in total. The van der Waals surface area contributed by atoms with Crippen molar-refractivity contribution < 1.29 is 18.0 Å². The monoisotopic (exact) mass is 357 g/mol. The Labute approximate surface area is 150 Å². The minimum absolute atomic E-state index is 0.0835. The lowest BCUT2D eigenvalue weighted by Gasteiger charge is -2.12. The van der Waals surface area contributed by atoms with Crippen molar-refractivity contribution in [3.8, 4) is 0 Å². The van der Waals surface area contributed by atoms with E-state index in [1.54, 1.807) is 0 Å². The minimum atomic E-state index is -0.965. The minimum Gasteiger partial charge on any atom is -0.326 e. The van der Waals surface area contributed by atoms with Crippen LogP contribution in [0, 0.1) is 24.4 Å². The third-order valence-corrected chi connectivity index (χ3v) is 3.96. The number of Topliss-reactive ketones (excluding diaryl/α,β-unsaturated/α-hetero) is 1. The lowest BCUT2D eigenvalue weighted by molar-refractivity contribution is 0.102. The summed E-state index contributed by atoms with van der Waals surface area (Å²) in [5, 5.41) is 0. The van der Waals surface area contributed by atoms with Crippen LogP contribution in [0.5, 0.6) is 0 Å². The molecule has 0 spiro atoms. The van der Waals surface area contributed by atoms with Crippen LogP contribution in [0.2, 0.25) is 0 Å². The van der Waals surface area contributed by atoms with Gasteiger partial charge in [0.25, 0.3) is 0 Å². The Kier molecular flexibility index (Phi) is 5.95. The summed E-state index contributed by atoms with van der Waals surface area (Å²) in [6, 6.07) is 7.87. The highest BCUT2D eigenvalue weighted by atomic mass is 19.1. The first kappa shape index (κ1) is 19.4. The topological polar surface area (TPSA) is 43.1 Å². The van der Waals surface area contributed by atoms with Gasteiger partial charge in [-0.25, -0.2) is 13.2 Å². The number of aryl methyl sites for hydroxylation is 1. The van der Waals surface area contributed by atoms with Crippen LogP contribution >= 0.6 is 0 Å². The summed E-state index contributed by atoms with van der Waals surface area (Å²) in [7, 11) is 0. The number of nitrogens with two attached hydrogens (primary N) is 1. The van der Waals surface area contributed by atoms with Gasteiger partial charge in [0.1, 0.15) is 17.5 Å². The average Bonchev–Trinajstić information content (AvgIpc) is 2.62. The summed E-state index contributed by atoms with van der Waals surface area (Å²) in [5.41, 5.74) is 6.40. The Morgan fingerprint density at radius 2 is 1.69 bits per heavy atom. The van der Waals surface area contributed by atoms with Gasteiger partial charge in [0, 0.05) is 12.1 Å². The highest BCUT2D eigenvalue weighted by Crippen LogP contribution is 2.24. The number of hydrogen-bond acceptors (Lipinski definition) is 2. The molecule has 0 unspecified atom stereocenters. The van der Waals surface area contributed by atoms with Gasteiger partial charge in [-0.05, 0) is 53.5 Å². The molecule has 0 amide bonds. The van der Waals surface area contributed by atoms with Crippen molar-refractivity contribution >= 4 is 11.4 Å². The number of halogens is 3. The highest BCUT2D eigenvalue weighted by molar-refractivity contribution is 6.12. The molecule has 5 heteroatoms. The summed E-state index contributed by atoms with van der Waals surface area (Å²) < 4.78 is 41.2. The van der Waals surface area contributed by atoms with Crippen molar-refractivity contribution in [1.82, 2.24) is 0 Å². The first-order valence-electron chi connectivity index (χ1n) is 7.80. The van der Waals surface area contributed by atoms with E-state index in [4.69, 9.17) is 5.73 Å². The zero-order valence-corrected chi connectivity index (χ0v) is 14.3. The molecule has 2 aromatic rings. The smallest absolute Gasteiger partial charge is 0.198 e. The predicted molar refractivity (Wildman–Crippen MR) is 97.1 cm³/mol. The molecule has 0 bridgehead atoms. The molecule has 0 radical (unpaired) electrons. The van der Waals surface area contributed by atoms with Crippen LogP contribution in [-0.2, 0) is 0 Å². The molecule has 2 nitrogen and oxygen atoms in total. The number of rotatable bonds is 6. The van der Waals surface area contributed by atoms with E-state index < -0.39 is 28.8 Å². The van der Waals surface area contributed by atoms with E-state index in [1.165, 1.54) is 43.3 Å². The molecule has 0 aliphatic carbocycles. The van der Waals surface area contributed by atoms with Crippen molar-refractivity contribution in [2.75, 3.05) is 6.54 Å². The molecule has 0 aliphatic heterocycles. The van der Waals surface area contributed by atoms with Crippen molar-refractivity contribution in [3.05, 3.63) is 101 Å². The third kappa shape index (κ3) is 4.00. The van der Waals surface area contributed by atoms with E-state index in [2.05, 4.69) is 13.2 Å². The Morgan fingerprint density at radius 1 is 1.08 bits per heavy atom. The van der Waals surface area contributed by atoms with Crippen molar-refractivity contribution in [2.24, 2.45) is 5.73 Å². The molecule has 2 aromatic carbocycles. The van der Waals surface area contributed by atoms with Gasteiger partial charge < -0.3 is 5.73 Å². The number of ketones is 1. The molecule has 134 valence electrons. The third-order valence-electron chi connectivity index (χ3n) is 3.96. The number of allylic oxidation sites excluding steroid dienone is 2. The SMILES string of the molecule is C=C(C(=O)c1c(F)ccc(C)c1F)/C(=C/C(=C)c1ccc(F)cc1)CN.